The van der Waals surface area contributed by atoms with Crippen LogP contribution in [0.3, 0.4) is 0 Å². The van der Waals surface area contributed by atoms with Crippen molar-refractivity contribution in [2.75, 3.05) is 0 Å². The van der Waals surface area contributed by atoms with Crippen molar-refractivity contribution in [2.24, 2.45) is 5.41 Å². The first kappa shape index (κ1) is 26.0. The van der Waals surface area contributed by atoms with E-state index in [4.69, 9.17) is 0 Å². The second-order valence-electron chi connectivity index (χ2n) is 11.3. The quantitative estimate of drug-likeness (QED) is 0.324. The molecule has 0 unspecified atom stereocenters. The molecule has 3 heteroatoms. The molecule has 3 nitrogen and oxygen atoms in total. The van der Waals surface area contributed by atoms with Crippen molar-refractivity contribution < 1.29 is 0 Å². The number of hydrogen-bond donors (Lipinski definition) is 0. The van der Waals surface area contributed by atoms with Crippen LogP contribution in [-0.4, -0.2) is 0 Å². The number of hydrogen-bond acceptors (Lipinski definition) is 3. The Bertz CT molecular complexity index is 1190. The lowest BCUT2D eigenvalue weighted by atomic mass is 9.50. The topological polar surface area (TPSA) is 71.4 Å². The monoisotopic (exact) mass is 477 g/mol. The van der Waals surface area contributed by atoms with Gasteiger partial charge in [0.1, 0.15) is 12.1 Å². The van der Waals surface area contributed by atoms with Crippen LogP contribution in [-0.2, 0) is 24.7 Å². The van der Waals surface area contributed by atoms with Gasteiger partial charge in [0.25, 0.3) is 0 Å². The lowest BCUT2D eigenvalue weighted by molar-refractivity contribution is 0.0319. The third-order valence-electron chi connectivity index (χ3n) is 9.30. The van der Waals surface area contributed by atoms with Crippen LogP contribution in [0.25, 0.3) is 0 Å². The number of fused-ring (bicyclic) bond motifs is 3. The minimum absolute atomic E-state index is 0.0618. The maximum absolute atomic E-state index is 10.2. The normalized spacial score (nSPS) is 22.5. The van der Waals surface area contributed by atoms with E-state index in [2.05, 4.69) is 56.3 Å². The Morgan fingerprint density at radius 2 is 1.36 bits per heavy atom. The standard InChI is InChI=1S/C33H39N3/c1-3-5-6-7-25-8-9-26(28(21-25)22-34)10-11-27-12-13-31(30(24-36)29(27)23-35)33-18-15-32(14-4-2,16-19-33)17-20-33/h8-9,12-13,21H,3-7,10-11,14-20H2,1-2H3. The lowest BCUT2D eigenvalue weighted by Gasteiger charge is -2.54. The zero-order valence-corrected chi connectivity index (χ0v) is 22.1. The first-order valence-corrected chi connectivity index (χ1v) is 14.0. The van der Waals surface area contributed by atoms with Crippen molar-refractivity contribution in [2.45, 2.75) is 109 Å². The van der Waals surface area contributed by atoms with E-state index in [1.165, 1.54) is 50.5 Å². The molecule has 36 heavy (non-hydrogen) atoms. The minimum atomic E-state index is 0.0618. The van der Waals surface area contributed by atoms with E-state index in [-0.39, 0.29) is 5.41 Å². The van der Waals surface area contributed by atoms with Crippen molar-refractivity contribution in [1.82, 2.24) is 0 Å². The number of nitriles is 3. The van der Waals surface area contributed by atoms with E-state index in [9.17, 15) is 15.8 Å². The molecule has 0 spiro atoms. The Labute approximate surface area is 217 Å². The van der Waals surface area contributed by atoms with E-state index in [1.54, 1.807) is 0 Å². The fourth-order valence-corrected chi connectivity index (χ4v) is 7.06. The van der Waals surface area contributed by atoms with Gasteiger partial charge in [-0.2, -0.15) is 15.8 Å². The Morgan fingerprint density at radius 1 is 0.694 bits per heavy atom. The van der Waals surface area contributed by atoms with Crippen molar-refractivity contribution in [3.8, 4) is 18.2 Å². The largest absolute Gasteiger partial charge is 0.192 e. The molecule has 0 N–H and O–H groups in total. The Kier molecular flexibility index (Phi) is 8.17. The van der Waals surface area contributed by atoms with Crippen molar-refractivity contribution in [3.05, 3.63) is 69.3 Å². The summed E-state index contributed by atoms with van der Waals surface area (Å²) < 4.78 is 0. The summed E-state index contributed by atoms with van der Waals surface area (Å²) in [5, 5.41) is 30.0. The molecule has 3 saturated carbocycles. The van der Waals surface area contributed by atoms with E-state index >= 15 is 0 Å². The zero-order valence-electron chi connectivity index (χ0n) is 22.1. The summed E-state index contributed by atoms with van der Waals surface area (Å²) in [4.78, 5) is 0. The molecular weight excluding hydrogens is 438 g/mol. The maximum atomic E-state index is 10.2. The first-order chi connectivity index (χ1) is 17.5. The highest BCUT2D eigenvalue weighted by Crippen LogP contribution is 2.60. The highest BCUT2D eigenvalue weighted by atomic mass is 14.5. The summed E-state index contributed by atoms with van der Waals surface area (Å²) in [7, 11) is 0. The van der Waals surface area contributed by atoms with E-state index in [0.717, 1.165) is 54.4 Å². The number of aryl methyl sites for hydroxylation is 3. The van der Waals surface area contributed by atoms with Gasteiger partial charge < -0.3 is 0 Å². The van der Waals surface area contributed by atoms with E-state index < -0.39 is 0 Å². The molecule has 0 saturated heterocycles. The molecule has 0 heterocycles. The van der Waals surface area contributed by atoms with E-state index in [0.29, 0.717) is 29.4 Å². The number of unbranched alkanes of at least 4 members (excludes halogenated alkanes) is 2. The zero-order chi connectivity index (χ0) is 25.6. The molecule has 3 aliphatic carbocycles. The average Bonchev–Trinajstić information content (AvgIpc) is 2.92. The van der Waals surface area contributed by atoms with Gasteiger partial charge in [0, 0.05) is 0 Å². The van der Waals surface area contributed by atoms with Gasteiger partial charge in [-0.15, -0.1) is 0 Å². The predicted molar refractivity (Wildman–Crippen MR) is 144 cm³/mol. The second-order valence-corrected chi connectivity index (χ2v) is 11.3. The van der Waals surface area contributed by atoms with Gasteiger partial charge in [-0.3, -0.25) is 0 Å². The summed E-state index contributed by atoms with van der Waals surface area (Å²) in [5.41, 5.74) is 6.76. The van der Waals surface area contributed by atoms with Crippen LogP contribution in [0.4, 0.5) is 0 Å². The molecule has 186 valence electrons. The summed E-state index contributed by atoms with van der Waals surface area (Å²) in [6.45, 7) is 4.49. The highest BCUT2D eigenvalue weighted by molar-refractivity contribution is 5.57. The number of benzene rings is 2. The summed E-state index contributed by atoms with van der Waals surface area (Å²) in [6.07, 6.45) is 15.7. The molecule has 5 rings (SSSR count). The van der Waals surface area contributed by atoms with Gasteiger partial charge in [0.05, 0.1) is 22.8 Å². The summed E-state index contributed by atoms with van der Waals surface area (Å²) in [5.74, 6) is 0. The Hall–Kier alpha value is -3.09. The molecule has 0 amide bonds. The van der Waals surface area contributed by atoms with Crippen molar-refractivity contribution in [3.63, 3.8) is 0 Å². The maximum Gasteiger partial charge on any atom is 0.101 e. The third-order valence-corrected chi connectivity index (χ3v) is 9.30. The van der Waals surface area contributed by atoms with Crippen LogP contribution >= 0.6 is 0 Å². The number of rotatable bonds is 10. The van der Waals surface area contributed by atoms with Crippen LogP contribution in [0.5, 0.6) is 0 Å². The Balaban J connectivity index is 1.55. The molecule has 0 atom stereocenters. The molecule has 2 bridgehead atoms. The SMILES string of the molecule is CCCCCc1ccc(CCc2ccc(C34CCC(CCC)(CC3)CC4)c(C#N)c2C#N)c(C#N)c1. The Morgan fingerprint density at radius 3 is 1.97 bits per heavy atom. The van der Waals surface area contributed by atoms with Gasteiger partial charge in [-0.05, 0) is 110 Å². The van der Waals surface area contributed by atoms with Crippen molar-refractivity contribution >= 4 is 0 Å². The third kappa shape index (κ3) is 5.06. The molecule has 0 aliphatic heterocycles. The lowest BCUT2D eigenvalue weighted by Crippen LogP contribution is -2.44. The summed E-state index contributed by atoms with van der Waals surface area (Å²) in [6, 6.07) is 17.7. The smallest absolute Gasteiger partial charge is 0.101 e. The van der Waals surface area contributed by atoms with E-state index in [1.807, 2.05) is 6.07 Å². The predicted octanol–water partition coefficient (Wildman–Crippen LogP) is 8.21. The van der Waals surface area contributed by atoms with Gasteiger partial charge >= 0.3 is 0 Å². The molecule has 2 aromatic rings. The van der Waals surface area contributed by atoms with Crippen LogP contribution in [0, 0.1) is 39.4 Å². The van der Waals surface area contributed by atoms with Crippen molar-refractivity contribution in [1.29, 1.82) is 15.8 Å². The average molecular weight is 478 g/mol. The molecule has 0 radical (unpaired) electrons. The fourth-order valence-electron chi connectivity index (χ4n) is 7.06. The minimum Gasteiger partial charge on any atom is -0.192 e. The van der Waals surface area contributed by atoms with Crippen LogP contribution in [0.15, 0.2) is 30.3 Å². The van der Waals surface area contributed by atoms with Gasteiger partial charge in [0.15, 0.2) is 0 Å². The molecule has 3 fully saturated rings. The second kappa shape index (κ2) is 11.3. The molecule has 2 aromatic carbocycles. The molecule has 0 aromatic heterocycles. The summed E-state index contributed by atoms with van der Waals surface area (Å²) >= 11 is 0. The van der Waals surface area contributed by atoms with Crippen LogP contribution in [0.2, 0.25) is 0 Å². The number of nitrogens with zero attached hydrogens (tertiary/aromatic N) is 3. The van der Waals surface area contributed by atoms with Crippen LogP contribution in [0.1, 0.15) is 123 Å². The molecule has 3 aliphatic rings. The highest BCUT2D eigenvalue weighted by Gasteiger charge is 2.49. The first-order valence-electron chi connectivity index (χ1n) is 14.0. The molecular formula is C33H39N3. The van der Waals surface area contributed by atoms with Gasteiger partial charge in [-0.25, -0.2) is 0 Å². The fraction of sp³-hybridized carbons (Fsp3) is 0.545. The van der Waals surface area contributed by atoms with Gasteiger partial charge in [0.2, 0.25) is 0 Å². The van der Waals surface area contributed by atoms with Gasteiger partial charge in [-0.1, -0.05) is 57.4 Å². The van der Waals surface area contributed by atoms with Crippen LogP contribution < -0.4 is 0 Å².